The zero-order valence-electron chi connectivity index (χ0n) is 17.1. The van der Waals surface area contributed by atoms with Crippen molar-refractivity contribution in [3.05, 3.63) is 0 Å². The lowest BCUT2D eigenvalue weighted by Crippen LogP contribution is -2.66. The normalized spacial score (nSPS) is 24.3. The number of hydrogen-bond donors (Lipinski definition) is 3. The van der Waals surface area contributed by atoms with E-state index in [2.05, 4.69) is 10.6 Å². The van der Waals surface area contributed by atoms with Crippen LogP contribution in [0, 0.1) is 5.41 Å². The fourth-order valence-corrected chi connectivity index (χ4v) is 4.75. The number of carbonyl (C=O) groups excluding carboxylic acids is 4. The first-order valence-corrected chi connectivity index (χ1v) is 10.6. The largest absolute Gasteiger partial charge is 0.403 e. The molecule has 0 aromatic heterocycles. The topological polar surface area (TPSA) is 118 Å². The van der Waals surface area contributed by atoms with Crippen molar-refractivity contribution in [3.63, 3.8) is 0 Å². The van der Waals surface area contributed by atoms with Crippen molar-refractivity contribution in [2.24, 2.45) is 11.1 Å². The number of carbonyl (C=O) groups is 4. The first kappa shape index (κ1) is 23.5. The number of nitrogens with two attached hydrogens (primary N) is 1. The number of ketones is 1. The first-order chi connectivity index (χ1) is 14.3. The molecule has 3 saturated carbocycles. The quantitative estimate of drug-likeness (QED) is 0.388. The molecule has 11 heteroatoms. The predicted octanol–water partition coefficient (Wildman–Crippen LogP) is 1.97. The molecule has 3 rings (SSSR count). The van der Waals surface area contributed by atoms with Gasteiger partial charge < -0.3 is 16.4 Å². The molecule has 0 aromatic rings. The lowest BCUT2D eigenvalue weighted by molar-refractivity contribution is -0.243. The summed E-state index contributed by atoms with van der Waals surface area (Å²) in [6, 6.07) is -1.60. The van der Waals surface area contributed by atoms with Gasteiger partial charge in [0.15, 0.2) is 0 Å². The minimum atomic E-state index is -4.80. The second-order valence-corrected chi connectivity index (χ2v) is 9.14. The minimum Gasteiger partial charge on any atom is -0.363 e. The van der Waals surface area contributed by atoms with Gasteiger partial charge in [-0.25, -0.2) is 4.39 Å². The highest BCUT2D eigenvalue weighted by Gasteiger charge is 2.64. The Bertz CT molecular complexity index is 769. The molecule has 0 heterocycles. The van der Waals surface area contributed by atoms with Gasteiger partial charge in [-0.15, -0.1) is 0 Å². The van der Waals surface area contributed by atoms with Crippen LogP contribution in [-0.2, 0) is 19.2 Å². The van der Waals surface area contributed by atoms with E-state index in [0.717, 1.165) is 0 Å². The van der Waals surface area contributed by atoms with Crippen LogP contribution in [0.2, 0.25) is 0 Å². The lowest BCUT2D eigenvalue weighted by Gasteiger charge is -2.43. The molecule has 0 radical (unpaired) electrons. The predicted molar refractivity (Wildman–Crippen MR) is 100 cm³/mol. The number of hydrogen-bond acceptors (Lipinski definition) is 4. The second kappa shape index (κ2) is 8.05. The van der Waals surface area contributed by atoms with Crippen molar-refractivity contribution >= 4 is 23.5 Å². The molecule has 7 nitrogen and oxygen atoms in total. The lowest BCUT2D eigenvalue weighted by atomic mass is 9.67. The standard InChI is InChI=1S/C20H27F4N3O4/c21-17(5-1-2-6-17)11-12(26-16(31)18(7-3-8-18)20(22,23)24)15(30)27-19(9-4-10-19)13(28)14(25)29/h12H,1-11H2,(H2,25,29)(H,26,31)(H,27,30)/t12-/m0/s1. The molecular formula is C20H27F4N3O4. The van der Waals surface area contributed by atoms with Gasteiger partial charge in [0.05, 0.1) is 0 Å². The molecule has 3 aliphatic carbocycles. The molecule has 0 spiro atoms. The molecule has 0 unspecified atom stereocenters. The SMILES string of the molecule is NC(=O)C(=O)C1(NC(=O)[C@H](CC2(F)CCCC2)NC(=O)C2(C(F)(F)F)CCC2)CCC1. The van der Waals surface area contributed by atoms with Crippen molar-refractivity contribution in [1.82, 2.24) is 10.6 Å². The van der Waals surface area contributed by atoms with Crippen LogP contribution in [0.4, 0.5) is 17.6 Å². The van der Waals surface area contributed by atoms with Gasteiger partial charge in [-0.05, 0) is 44.9 Å². The first-order valence-electron chi connectivity index (χ1n) is 10.6. The molecule has 0 saturated heterocycles. The van der Waals surface area contributed by atoms with Crippen LogP contribution in [0.25, 0.3) is 0 Å². The van der Waals surface area contributed by atoms with Crippen molar-refractivity contribution in [2.45, 2.75) is 94.1 Å². The van der Waals surface area contributed by atoms with Gasteiger partial charge in [-0.2, -0.15) is 13.2 Å². The maximum Gasteiger partial charge on any atom is 0.403 e. The summed E-state index contributed by atoms with van der Waals surface area (Å²) < 4.78 is 55.7. The monoisotopic (exact) mass is 449 g/mol. The van der Waals surface area contributed by atoms with E-state index in [0.29, 0.717) is 19.3 Å². The van der Waals surface area contributed by atoms with E-state index < -0.39 is 71.6 Å². The number of halogens is 4. The summed E-state index contributed by atoms with van der Waals surface area (Å²) in [5, 5.41) is 4.50. The summed E-state index contributed by atoms with van der Waals surface area (Å²) >= 11 is 0. The molecule has 0 aliphatic heterocycles. The highest BCUT2D eigenvalue weighted by atomic mass is 19.4. The highest BCUT2D eigenvalue weighted by molar-refractivity contribution is 6.39. The number of rotatable bonds is 8. The molecule has 1 atom stereocenters. The van der Waals surface area contributed by atoms with Crippen LogP contribution in [0.5, 0.6) is 0 Å². The Morgan fingerprint density at radius 1 is 0.903 bits per heavy atom. The minimum absolute atomic E-state index is 0.127. The van der Waals surface area contributed by atoms with Crippen LogP contribution in [-0.4, -0.2) is 46.9 Å². The summed E-state index contributed by atoms with van der Waals surface area (Å²) in [7, 11) is 0. The molecular weight excluding hydrogens is 422 g/mol. The number of alkyl halides is 4. The average molecular weight is 449 g/mol. The Balaban J connectivity index is 1.81. The van der Waals surface area contributed by atoms with Crippen LogP contribution in [0.3, 0.4) is 0 Å². The maximum atomic E-state index is 15.1. The van der Waals surface area contributed by atoms with E-state index >= 15 is 4.39 Å². The molecule has 31 heavy (non-hydrogen) atoms. The zero-order valence-corrected chi connectivity index (χ0v) is 17.1. The summed E-state index contributed by atoms with van der Waals surface area (Å²) in [5.41, 5.74) is -0.899. The molecule has 3 aliphatic rings. The van der Waals surface area contributed by atoms with Gasteiger partial charge in [-0.3, -0.25) is 19.2 Å². The van der Waals surface area contributed by atoms with E-state index in [1.165, 1.54) is 0 Å². The zero-order chi connectivity index (χ0) is 23.1. The number of Topliss-reactive ketones (excluding diaryl/α,β-unsaturated/α-hetero) is 1. The van der Waals surface area contributed by atoms with Gasteiger partial charge in [0.2, 0.25) is 17.6 Å². The Kier molecular flexibility index (Phi) is 6.09. The van der Waals surface area contributed by atoms with Gasteiger partial charge in [0, 0.05) is 6.42 Å². The Labute approximate surface area is 176 Å². The summed E-state index contributed by atoms with van der Waals surface area (Å²) in [5.74, 6) is -4.61. The van der Waals surface area contributed by atoms with E-state index in [4.69, 9.17) is 5.73 Å². The molecule has 0 bridgehead atoms. The number of amides is 3. The van der Waals surface area contributed by atoms with Gasteiger partial charge >= 0.3 is 6.18 Å². The summed E-state index contributed by atoms with van der Waals surface area (Å²) in [6.07, 6.45) is -3.71. The Morgan fingerprint density at radius 3 is 1.84 bits per heavy atom. The van der Waals surface area contributed by atoms with Crippen molar-refractivity contribution in [1.29, 1.82) is 0 Å². The third-order valence-corrected chi connectivity index (χ3v) is 7.10. The van der Waals surface area contributed by atoms with E-state index in [9.17, 15) is 32.3 Å². The van der Waals surface area contributed by atoms with Gasteiger partial charge in [0.1, 0.15) is 22.7 Å². The number of primary amides is 1. The third kappa shape index (κ3) is 4.27. The number of nitrogens with one attached hydrogen (secondary N) is 2. The van der Waals surface area contributed by atoms with E-state index in [1.807, 2.05) is 0 Å². The molecule has 3 fully saturated rings. The van der Waals surface area contributed by atoms with Gasteiger partial charge in [-0.1, -0.05) is 19.3 Å². The molecule has 4 N–H and O–H groups in total. The third-order valence-electron chi connectivity index (χ3n) is 7.10. The summed E-state index contributed by atoms with van der Waals surface area (Å²) in [4.78, 5) is 49.1. The fourth-order valence-electron chi connectivity index (χ4n) is 4.75. The highest BCUT2D eigenvalue weighted by Crippen LogP contribution is 2.53. The molecule has 174 valence electrons. The summed E-state index contributed by atoms with van der Waals surface area (Å²) in [6.45, 7) is 0. The van der Waals surface area contributed by atoms with Gasteiger partial charge in [0.25, 0.3) is 5.91 Å². The van der Waals surface area contributed by atoms with Crippen LogP contribution < -0.4 is 16.4 Å². The Hall–Kier alpha value is -2.20. The van der Waals surface area contributed by atoms with Crippen molar-refractivity contribution < 1.29 is 36.7 Å². The van der Waals surface area contributed by atoms with Crippen LogP contribution in [0.15, 0.2) is 0 Å². The molecule has 0 aromatic carbocycles. The van der Waals surface area contributed by atoms with Crippen molar-refractivity contribution in [2.75, 3.05) is 0 Å². The maximum absolute atomic E-state index is 15.1. The van der Waals surface area contributed by atoms with Crippen molar-refractivity contribution in [3.8, 4) is 0 Å². The smallest absolute Gasteiger partial charge is 0.363 e. The fraction of sp³-hybridized carbons (Fsp3) is 0.800. The van der Waals surface area contributed by atoms with Crippen LogP contribution in [0.1, 0.15) is 70.6 Å². The second-order valence-electron chi connectivity index (χ2n) is 9.14. The van der Waals surface area contributed by atoms with Crippen LogP contribution >= 0.6 is 0 Å². The molecule has 3 amide bonds. The Morgan fingerprint density at radius 2 is 1.45 bits per heavy atom. The average Bonchev–Trinajstić information content (AvgIpc) is 3.00. The van der Waals surface area contributed by atoms with E-state index in [1.54, 1.807) is 0 Å². The van der Waals surface area contributed by atoms with E-state index in [-0.39, 0.29) is 32.1 Å².